The monoisotopic (exact) mass is 300 g/mol. The molecule has 2 nitrogen and oxygen atoms in total. The molecule has 5 heteroatoms. The molecule has 1 atom stereocenters. The van der Waals surface area contributed by atoms with Crippen molar-refractivity contribution in [1.29, 1.82) is 0 Å². The van der Waals surface area contributed by atoms with Gasteiger partial charge in [0.25, 0.3) is 0 Å². The molecular weight excluding hydrogens is 287 g/mol. The van der Waals surface area contributed by atoms with Crippen LogP contribution in [0.3, 0.4) is 0 Å². The zero-order chi connectivity index (χ0) is 13.0. The highest BCUT2D eigenvalue weighted by Crippen LogP contribution is 2.28. The maximum atomic E-state index is 6.26. The molecule has 0 amide bonds. The Morgan fingerprint density at radius 3 is 2.83 bits per heavy atom. The van der Waals surface area contributed by atoms with Gasteiger partial charge < -0.3 is 5.32 Å². The molecule has 96 valence electrons. The van der Waals surface area contributed by atoms with Gasteiger partial charge in [-0.2, -0.15) is 0 Å². The molecule has 0 aliphatic rings. The van der Waals surface area contributed by atoms with Gasteiger partial charge >= 0.3 is 0 Å². The van der Waals surface area contributed by atoms with Crippen molar-refractivity contribution >= 4 is 34.5 Å². The number of hydrogen-bond acceptors (Lipinski definition) is 3. The normalized spacial score (nSPS) is 12.6. The molecule has 0 aliphatic heterocycles. The third-order valence-corrected chi connectivity index (χ3v) is 4.02. The molecule has 0 spiro atoms. The van der Waals surface area contributed by atoms with E-state index in [-0.39, 0.29) is 6.04 Å². The number of nitrogens with zero attached hydrogens (tertiary/aromatic N) is 1. The lowest BCUT2D eigenvalue weighted by Crippen LogP contribution is -2.23. The fraction of sp³-hybridized carbons (Fsp3) is 0.308. The van der Waals surface area contributed by atoms with Crippen molar-refractivity contribution in [3.63, 3.8) is 0 Å². The quantitative estimate of drug-likeness (QED) is 0.888. The van der Waals surface area contributed by atoms with Crippen molar-refractivity contribution in [3.8, 4) is 0 Å². The number of aromatic nitrogens is 1. The minimum Gasteiger partial charge on any atom is -0.310 e. The van der Waals surface area contributed by atoms with Crippen LogP contribution in [0, 0.1) is 0 Å². The highest BCUT2D eigenvalue weighted by Gasteiger charge is 2.15. The fourth-order valence-corrected chi connectivity index (χ4v) is 3.05. The molecule has 0 aliphatic carbocycles. The number of benzene rings is 1. The number of likely N-dealkylation sites (N-methyl/N-ethyl adjacent to an activating group) is 1. The Labute approximate surface area is 121 Å². The van der Waals surface area contributed by atoms with E-state index in [1.54, 1.807) is 17.4 Å². The first-order chi connectivity index (χ1) is 8.70. The van der Waals surface area contributed by atoms with E-state index in [4.69, 9.17) is 23.2 Å². The summed E-state index contributed by atoms with van der Waals surface area (Å²) in [5.74, 6) is 0. The summed E-state index contributed by atoms with van der Waals surface area (Å²) in [6, 6.07) is 5.80. The van der Waals surface area contributed by atoms with Gasteiger partial charge in [-0.1, -0.05) is 36.2 Å². The van der Waals surface area contributed by atoms with Crippen molar-refractivity contribution in [2.75, 3.05) is 6.54 Å². The fourth-order valence-electron chi connectivity index (χ4n) is 1.85. The average Bonchev–Trinajstić information content (AvgIpc) is 2.81. The number of hydrogen-bond donors (Lipinski definition) is 1. The lowest BCUT2D eigenvalue weighted by Gasteiger charge is -2.18. The van der Waals surface area contributed by atoms with Gasteiger partial charge in [0, 0.05) is 34.1 Å². The largest absolute Gasteiger partial charge is 0.310 e. The first-order valence-electron chi connectivity index (χ1n) is 5.77. The van der Waals surface area contributed by atoms with E-state index in [0.717, 1.165) is 23.5 Å². The molecule has 0 fully saturated rings. The van der Waals surface area contributed by atoms with Crippen LogP contribution in [-0.2, 0) is 6.42 Å². The lowest BCUT2D eigenvalue weighted by molar-refractivity contribution is 0.549. The third-order valence-electron chi connectivity index (χ3n) is 2.65. The second-order valence-corrected chi connectivity index (χ2v) is 5.73. The van der Waals surface area contributed by atoms with Crippen molar-refractivity contribution in [3.05, 3.63) is 50.4 Å². The molecule has 1 aromatic heterocycles. The molecule has 1 N–H and O–H groups in total. The molecule has 1 unspecified atom stereocenters. The van der Waals surface area contributed by atoms with E-state index >= 15 is 0 Å². The van der Waals surface area contributed by atoms with Crippen LogP contribution in [0.2, 0.25) is 10.0 Å². The number of halogens is 2. The van der Waals surface area contributed by atoms with Crippen LogP contribution in [0.15, 0.2) is 29.8 Å². The Bertz CT molecular complexity index is 500. The Kier molecular flexibility index (Phi) is 5.01. The predicted octanol–water partition coefficient (Wildman–Crippen LogP) is 4.34. The molecule has 1 heterocycles. The average molecular weight is 301 g/mol. The van der Waals surface area contributed by atoms with Crippen LogP contribution < -0.4 is 5.32 Å². The second kappa shape index (κ2) is 6.53. The lowest BCUT2D eigenvalue weighted by atomic mass is 10.0. The van der Waals surface area contributed by atoms with Gasteiger partial charge in [-0.25, -0.2) is 4.98 Å². The van der Waals surface area contributed by atoms with Gasteiger partial charge in [0.1, 0.15) is 0 Å². The van der Waals surface area contributed by atoms with Gasteiger partial charge in [-0.15, -0.1) is 11.3 Å². The zero-order valence-electron chi connectivity index (χ0n) is 9.99. The zero-order valence-corrected chi connectivity index (χ0v) is 12.3. The van der Waals surface area contributed by atoms with E-state index in [1.165, 1.54) is 0 Å². The van der Waals surface area contributed by atoms with E-state index in [1.807, 2.05) is 23.7 Å². The van der Waals surface area contributed by atoms with Crippen LogP contribution in [0.5, 0.6) is 0 Å². The number of rotatable bonds is 5. The van der Waals surface area contributed by atoms with Crippen LogP contribution in [0.1, 0.15) is 23.5 Å². The topological polar surface area (TPSA) is 24.9 Å². The van der Waals surface area contributed by atoms with E-state index < -0.39 is 0 Å². The van der Waals surface area contributed by atoms with Crippen molar-refractivity contribution in [2.24, 2.45) is 0 Å². The summed E-state index contributed by atoms with van der Waals surface area (Å²) in [5.41, 5.74) is 1.07. The predicted molar refractivity (Wildman–Crippen MR) is 78.7 cm³/mol. The first kappa shape index (κ1) is 13.8. The minimum absolute atomic E-state index is 0.172. The summed E-state index contributed by atoms with van der Waals surface area (Å²) in [4.78, 5) is 4.32. The van der Waals surface area contributed by atoms with Gasteiger partial charge in [0.05, 0.1) is 5.01 Å². The Balaban J connectivity index is 2.23. The highest BCUT2D eigenvalue weighted by atomic mass is 35.5. The molecule has 2 aromatic rings. The molecule has 2 rings (SSSR count). The van der Waals surface area contributed by atoms with E-state index in [0.29, 0.717) is 10.0 Å². The standard InChI is InChI=1S/C13H14Cl2N2S/c1-2-16-12(8-13-17-5-6-18-13)10-4-3-9(14)7-11(10)15/h3-7,12,16H,2,8H2,1H3. The molecule has 0 saturated heterocycles. The molecule has 0 bridgehead atoms. The van der Waals surface area contributed by atoms with Gasteiger partial charge in [-0.3, -0.25) is 0 Å². The summed E-state index contributed by atoms with van der Waals surface area (Å²) < 4.78 is 0. The van der Waals surface area contributed by atoms with Crippen molar-refractivity contribution in [2.45, 2.75) is 19.4 Å². The SMILES string of the molecule is CCNC(Cc1nccs1)c1ccc(Cl)cc1Cl. The summed E-state index contributed by atoms with van der Waals surface area (Å²) in [6.07, 6.45) is 2.67. The van der Waals surface area contributed by atoms with Gasteiger partial charge in [0.15, 0.2) is 0 Å². The first-order valence-corrected chi connectivity index (χ1v) is 7.41. The maximum Gasteiger partial charge on any atom is 0.0943 e. The summed E-state index contributed by atoms with van der Waals surface area (Å²) >= 11 is 13.8. The second-order valence-electron chi connectivity index (χ2n) is 3.91. The number of nitrogens with one attached hydrogen (secondary N) is 1. The molecular formula is C13H14Cl2N2S. The minimum atomic E-state index is 0.172. The highest BCUT2D eigenvalue weighted by molar-refractivity contribution is 7.09. The molecule has 18 heavy (non-hydrogen) atoms. The van der Waals surface area contributed by atoms with Gasteiger partial charge in [-0.05, 0) is 24.2 Å². The molecule has 1 aromatic carbocycles. The van der Waals surface area contributed by atoms with Crippen LogP contribution >= 0.6 is 34.5 Å². The number of thiazole rings is 1. The Hall–Kier alpha value is -0.610. The Morgan fingerprint density at radius 2 is 2.22 bits per heavy atom. The maximum absolute atomic E-state index is 6.26. The summed E-state index contributed by atoms with van der Waals surface area (Å²) in [5, 5.41) is 7.89. The van der Waals surface area contributed by atoms with Crippen molar-refractivity contribution < 1.29 is 0 Å². The summed E-state index contributed by atoms with van der Waals surface area (Å²) in [6.45, 7) is 2.97. The molecule has 0 saturated carbocycles. The van der Waals surface area contributed by atoms with E-state index in [9.17, 15) is 0 Å². The van der Waals surface area contributed by atoms with Crippen LogP contribution in [-0.4, -0.2) is 11.5 Å². The third kappa shape index (κ3) is 3.45. The smallest absolute Gasteiger partial charge is 0.0943 e. The Morgan fingerprint density at radius 1 is 1.39 bits per heavy atom. The van der Waals surface area contributed by atoms with Crippen LogP contribution in [0.4, 0.5) is 0 Å². The summed E-state index contributed by atoms with van der Waals surface area (Å²) in [7, 11) is 0. The van der Waals surface area contributed by atoms with E-state index in [2.05, 4.69) is 17.2 Å². The van der Waals surface area contributed by atoms with Crippen molar-refractivity contribution in [1.82, 2.24) is 10.3 Å². The van der Waals surface area contributed by atoms with Gasteiger partial charge in [0.2, 0.25) is 0 Å². The molecule has 0 radical (unpaired) electrons. The van der Waals surface area contributed by atoms with Crippen LogP contribution in [0.25, 0.3) is 0 Å².